The van der Waals surface area contributed by atoms with E-state index in [9.17, 15) is 24.3 Å². The lowest BCUT2D eigenvalue weighted by atomic mass is 9.96. The molecule has 3 rings (SSSR count). The fraction of sp³-hybridized carbons (Fsp3) is 0.423. The van der Waals surface area contributed by atoms with Crippen molar-refractivity contribution in [1.82, 2.24) is 20.3 Å². The average molecular weight is 558 g/mol. The van der Waals surface area contributed by atoms with Crippen LogP contribution in [0.2, 0.25) is 0 Å². The van der Waals surface area contributed by atoms with Crippen molar-refractivity contribution in [3.63, 3.8) is 0 Å². The van der Waals surface area contributed by atoms with Crippen molar-refractivity contribution in [2.75, 3.05) is 19.5 Å². The maximum atomic E-state index is 12.7. The van der Waals surface area contributed by atoms with E-state index in [1.165, 1.54) is 25.6 Å². The molecule has 13 heteroatoms. The van der Waals surface area contributed by atoms with Gasteiger partial charge in [0.05, 0.1) is 24.5 Å². The molecule has 0 unspecified atom stereocenters. The van der Waals surface area contributed by atoms with Crippen molar-refractivity contribution in [3.8, 4) is 5.88 Å². The summed E-state index contributed by atoms with van der Waals surface area (Å²) in [6, 6.07) is 4.24. The Hall–Kier alpha value is -4.13. The van der Waals surface area contributed by atoms with E-state index in [0.717, 1.165) is 10.4 Å². The van der Waals surface area contributed by atoms with E-state index < -0.39 is 29.3 Å². The number of amides is 2. The molecule has 3 heterocycles. The van der Waals surface area contributed by atoms with E-state index in [0.29, 0.717) is 23.1 Å². The third-order valence-electron chi connectivity index (χ3n) is 5.70. The maximum Gasteiger partial charge on any atom is 0.328 e. The van der Waals surface area contributed by atoms with Crippen molar-refractivity contribution < 1.29 is 33.8 Å². The summed E-state index contributed by atoms with van der Waals surface area (Å²) in [5, 5.41) is 16.0. The number of nitrogens with zero attached hydrogens (tertiary/aromatic N) is 3. The van der Waals surface area contributed by atoms with Crippen LogP contribution in [0.15, 0.2) is 24.4 Å². The molecule has 3 N–H and O–H groups in total. The van der Waals surface area contributed by atoms with Crippen molar-refractivity contribution >= 4 is 52.1 Å². The summed E-state index contributed by atoms with van der Waals surface area (Å²) >= 11 is 1.28. The molecular weight excluding hydrogens is 526 g/mol. The predicted molar refractivity (Wildman–Crippen MR) is 143 cm³/mol. The van der Waals surface area contributed by atoms with Crippen LogP contribution in [0.5, 0.6) is 5.88 Å². The average Bonchev–Trinajstić information content (AvgIpc) is 3.38. The Morgan fingerprint density at radius 2 is 1.82 bits per heavy atom. The Kier molecular flexibility index (Phi) is 9.51. The largest absolute Gasteiger partial charge is 0.493 e. The van der Waals surface area contributed by atoms with Gasteiger partial charge in [-0.3, -0.25) is 19.7 Å². The molecule has 12 nitrogen and oxygen atoms in total. The van der Waals surface area contributed by atoms with Crippen LogP contribution < -0.4 is 10.6 Å². The first-order valence-electron chi connectivity index (χ1n) is 12.1. The SMILES string of the molecule is COC(=O)CC[C@@H](NC(=O)c1ccc(CCc2cnc3nc(NC(=O)C(C)(C)C)nc(O)c3c2)s1)C(=O)OC. The standard InChI is InChI=1S/C26H31N5O7S/c1-26(2,3)24(36)31-25-29-20-16(21(33)30-25)12-14(13-27-20)6-7-15-8-10-18(39-15)22(34)28-17(23(35)38-5)9-11-19(32)37-4/h8,10,12-13,17H,6-7,9,11H2,1-5H3,(H,28,34)(H2,27,29,30,31,33,36)/t17-/m1/s1. The molecule has 0 bridgehead atoms. The molecule has 0 aliphatic carbocycles. The molecule has 0 aliphatic heterocycles. The first-order chi connectivity index (χ1) is 18.4. The lowest BCUT2D eigenvalue weighted by Crippen LogP contribution is -2.41. The first kappa shape index (κ1) is 29.4. The number of aromatic nitrogens is 3. The van der Waals surface area contributed by atoms with Crippen LogP contribution in [-0.4, -0.2) is 64.1 Å². The van der Waals surface area contributed by atoms with Crippen LogP contribution in [0.1, 0.15) is 53.7 Å². The highest BCUT2D eigenvalue weighted by atomic mass is 32.1. The van der Waals surface area contributed by atoms with E-state index in [-0.39, 0.29) is 36.2 Å². The molecule has 0 fully saturated rings. The third kappa shape index (κ3) is 7.93. The van der Waals surface area contributed by atoms with Crippen molar-refractivity contribution in [2.24, 2.45) is 5.41 Å². The van der Waals surface area contributed by atoms with E-state index in [1.807, 2.05) is 6.07 Å². The second kappa shape index (κ2) is 12.6. The number of pyridine rings is 1. The van der Waals surface area contributed by atoms with E-state index in [2.05, 4.69) is 30.3 Å². The number of carbonyl (C=O) groups excluding carboxylic acids is 4. The molecule has 208 valence electrons. The minimum Gasteiger partial charge on any atom is -0.493 e. The van der Waals surface area contributed by atoms with E-state index in [4.69, 9.17) is 4.74 Å². The summed E-state index contributed by atoms with van der Waals surface area (Å²) in [7, 11) is 2.46. The molecular formula is C26H31N5O7S. The fourth-order valence-electron chi connectivity index (χ4n) is 3.41. The van der Waals surface area contributed by atoms with Crippen LogP contribution in [0.3, 0.4) is 0 Å². The van der Waals surface area contributed by atoms with Gasteiger partial charge in [-0.2, -0.15) is 9.97 Å². The van der Waals surface area contributed by atoms with Gasteiger partial charge in [0.15, 0.2) is 5.65 Å². The zero-order valence-corrected chi connectivity index (χ0v) is 23.2. The molecule has 3 aromatic rings. The zero-order chi connectivity index (χ0) is 28.7. The fourth-order valence-corrected chi connectivity index (χ4v) is 4.32. The summed E-state index contributed by atoms with van der Waals surface area (Å²) in [6.45, 7) is 5.26. The van der Waals surface area contributed by atoms with E-state index in [1.54, 1.807) is 39.1 Å². The summed E-state index contributed by atoms with van der Waals surface area (Å²) in [6.07, 6.45) is 2.80. The van der Waals surface area contributed by atoms with Gasteiger partial charge < -0.3 is 19.9 Å². The highest BCUT2D eigenvalue weighted by molar-refractivity contribution is 7.14. The van der Waals surface area contributed by atoms with Gasteiger partial charge in [-0.1, -0.05) is 20.8 Å². The number of anilines is 1. The van der Waals surface area contributed by atoms with Gasteiger partial charge >= 0.3 is 11.9 Å². The second-order valence-electron chi connectivity index (χ2n) is 9.72. The second-order valence-corrected chi connectivity index (χ2v) is 10.9. The number of nitrogens with one attached hydrogen (secondary N) is 2. The number of aromatic hydroxyl groups is 1. The number of esters is 2. The van der Waals surface area contributed by atoms with Crippen molar-refractivity contribution in [2.45, 2.75) is 52.5 Å². The molecule has 0 saturated heterocycles. The van der Waals surface area contributed by atoms with Gasteiger partial charge in [0, 0.05) is 22.9 Å². The molecule has 0 aromatic carbocycles. The zero-order valence-electron chi connectivity index (χ0n) is 22.4. The number of rotatable bonds is 10. The number of methoxy groups -OCH3 is 2. The molecule has 0 aliphatic rings. The number of aryl methyl sites for hydroxylation is 2. The number of hydrogen-bond acceptors (Lipinski definition) is 11. The van der Waals surface area contributed by atoms with Crippen LogP contribution in [0.4, 0.5) is 5.95 Å². The molecule has 1 atom stereocenters. The number of fused-ring (bicyclic) bond motifs is 1. The van der Waals surface area contributed by atoms with Gasteiger partial charge in [-0.05, 0) is 43.0 Å². The number of hydrogen-bond donors (Lipinski definition) is 3. The molecule has 39 heavy (non-hydrogen) atoms. The highest BCUT2D eigenvalue weighted by Crippen LogP contribution is 2.25. The quantitative estimate of drug-likeness (QED) is 0.315. The first-order valence-corrected chi connectivity index (χ1v) is 12.9. The summed E-state index contributed by atoms with van der Waals surface area (Å²) in [4.78, 5) is 62.2. The van der Waals surface area contributed by atoms with Crippen molar-refractivity contribution in [3.05, 3.63) is 39.7 Å². The Morgan fingerprint density at radius 3 is 2.49 bits per heavy atom. The Balaban J connectivity index is 1.64. The molecule has 0 saturated carbocycles. The summed E-state index contributed by atoms with van der Waals surface area (Å²) < 4.78 is 9.32. The monoisotopic (exact) mass is 557 g/mol. The molecule has 0 radical (unpaired) electrons. The number of ether oxygens (including phenoxy) is 2. The summed E-state index contributed by atoms with van der Waals surface area (Å²) in [5.41, 5.74) is 0.417. The number of carbonyl (C=O) groups is 4. The maximum absolute atomic E-state index is 12.7. The lowest BCUT2D eigenvalue weighted by Gasteiger charge is -2.16. The third-order valence-corrected chi connectivity index (χ3v) is 6.84. The molecule has 3 aromatic heterocycles. The molecule has 0 spiro atoms. The summed E-state index contributed by atoms with van der Waals surface area (Å²) in [5.74, 6) is -2.19. The van der Waals surface area contributed by atoms with Gasteiger partial charge in [0.25, 0.3) is 5.91 Å². The minimum atomic E-state index is -0.979. The lowest BCUT2D eigenvalue weighted by molar-refractivity contribution is -0.144. The van der Waals surface area contributed by atoms with Gasteiger partial charge in [-0.25, -0.2) is 9.78 Å². The Morgan fingerprint density at radius 1 is 1.08 bits per heavy atom. The smallest absolute Gasteiger partial charge is 0.328 e. The number of thiophene rings is 1. The predicted octanol–water partition coefficient (Wildman–Crippen LogP) is 2.79. The topological polar surface area (TPSA) is 170 Å². The van der Waals surface area contributed by atoms with Crippen LogP contribution in [0.25, 0.3) is 11.0 Å². The Labute approximate surface area is 229 Å². The molecule has 2 amide bonds. The van der Waals surface area contributed by atoms with Gasteiger partial charge in [-0.15, -0.1) is 11.3 Å². The minimum absolute atomic E-state index is 0.0238. The normalized spacial score (nSPS) is 12.0. The van der Waals surface area contributed by atoms with Gasteiger partial charge in [0.2, 0.25) is 17.7 Å². The highest BCUT2D eigenvalue weighted by Gasteiger charge is 2.25. The van der Waals surface area contributed by atoms with Crippen LogP contribution in [0, 0.1) is 5.41 Å². The van der Waals surface area contributed by atoms with E-state index >= 15 is 0 Å². The van der Waals surface area contributed by atoms with Crippen molar-refractivity contribution in [1.29, 1.82) is 0 Å². The van der Waals surface area contributed by atoms with Crippen LogP contribution in [-0.2, 0) is 36.7 Å². The van der Waals surface area contributed by atoms with Crippen LogP contribution >= 0.6 is 11.3 Å². The van der Waals surface area contributed by atoms with Gasteiger partial charge in [0.1, 0.15) is 6.04 Å². The Bertz CT molecular complexity index is 1380.